The number of nitrogens with zero attached hydrogens (tertiary/aromatic N) is 2. The summed E-state index contributed by atoms with van der Waals surface area (Å²) in [4.78, 5) is 18.1. The van der Waals surface area contributed by atoms with Gasteiger partial charge in [-0.2, -0.15) is 0 Å². The molecule has 2 rings (SSSR count). The zero-order valence-electron chi connectivity index (χ0n) is 9.39. The van der Waals surface area contributed by atoms with Crippen molar-refractivity contribution in [3.63, 3.8) is 0 Å². The molecule has 0 aliphatic carbocycles. The van der Waals surface area contributed by atoms with Crippen LogP contribution < -0.4 is 4.90 Å². The maximum Gasteiger partial charge on any atom is 0.228 e. The van der Waals surface area contributed by atoms with Gasteiger partial charge in [-0.1, -0.05) is 6.92 Å². The third kappa shape index (κ3) is 2.41. The molecule has 88 valence electrons. The largest absolute Gasteiger partial charge is 0.381 e. The topological polar surface area (TPSA) is 42.4 Å². The molecule has 0 aromatic carbocycles. The zero-order chi connectivity index (χ0) is 11.4. The fourth-order valence-electron chi connectivity index (χ4n) is 1.92. The number of carbonyl (C=O) groups excluding carboxylic acids is 1. The Kier molecular flexibility index (Phi) is 3.90. The first-order valence-electron chi connectivity index (χ1n) is 5.62. The van der Waals surface area contributed by atoms with Crippen molar-refractivity contribution in [3.05, 3.63) is 11.6 Å². The van der Waals surface area contributed by atoms with E-state index in [0.29, 0.717) is 6.42 Å². The molecule has 0 N–H and O–H groups in total. The predicted octanol–water partition coefficient (Wildman–Crippen LogP) is 2.07. The molecular weight excluding hydrogens is 224 g/mol. The van der Waals surface area contributed by atoms with E-state index in [2.05, 4.69) is 4.98 Å². The number of rotatable bonds is 3. The minimum Gasteiger partial charge on any atom is -0.381 e. The van der Waals surface area contributed by atoms with Gasteiger partial charge in [0.1, 0.15) is 0 Å². The van der Waals surface area contributed by atoms with Gasteiger partial charge in [0.25, 0.3) is 0 Å². The Labute approximate surface area is 99.2 Å². The second-order valence-electron chi connectivity index (χ2n) is 3.78. The van der Waals surface area contributed by atoms with Crippen LogP contribution in [0.5, 0.6) is 0 Å². The summed E-state index contributed by atoms with van der Waals surface area (Å²) in [7, 11) is 0. The summed E-state index contributed by atoms with van der Waals surface area (Å²) in [5, 5.41) is 2.73. The molecule has 5 heteroatoms. The van der Waals surface area contributed by atoms with Crippen LogP contribution in [-0.2, 0) is 9.53 Å². The van der Waals surface area contributed by atoms with E-state index < -0.39 is 0 Å². The SMILES string of the molecule is CCC(=O)N(c1nccs1)C1CCOCC1. The normalized spacial score (nSPS) is 17.3. The molecule has 2 heterocycles. The van der Waals surface area contributed by atoms with E-state index in [1.165, 1.54) is 11.3 Å². The van der Waals surface area contributed by atoms with Gasteiger partial charge in [-0.05, 0) is 12.8 Å². The van der Waals surface area contributed by atoms with E-state index >= 15 is 0 Å². The average Bonchev–Trinajstić information content (AvgIpc) is 2.84. The molecule has 0 atom stereocenters. The van der Waals surface area contributed by atoms with E-state index in [0.717, 1.165) is 31.2 Å². The molecule has 0 saturated carbocycles. The maximum atomic E-state index is 12.0. The Morgan fingerprint density at radius 2 is 2.38 bits per heavy atom. The molecule has 1 aromatic heterocycles. The van der Waals surface area contributed by atoms with Gasteiger partial charge in [0.15, 0.2) is 5.13 Å². The van der Waals surface area contributed by atoms with Gasteiger partial charge < -0.3 is 4.74 Å². The minimum absolute atomic E-state index is 0.154. The highest BCUT2D eigenvalue weighted by molar-refractivity contribution is 7.13. The number of aromatic nitrogens is 1. The highest BCUT2D eigenvalue weighted by Gasteiger charge is 2.27. The molecule has 1 saturated heterocycles. The smallest absolute Gasteiger partial charge is 0.228 e. The fourth-order valence-corrected chi connectivity index (χ4v) is 2.64. The molecule has 1 amide bonds. The van der Waals surface area contributed by atoms with Crippen molar-refractivity contribution in [2.24, 2.45) is 0 Å². The van der Waals surface area contributed by atoms with Gasteiger partial charge in [0.05, 0.1) is 0 Å². The third-order valence-electron chi connectivity index (χ3n) is 2.75. The maximum absolute atomic E-state index is 12.0. The lowest BCUT2D eigenvalue weighted by atomic mass is 10.1. The second-order valence-corrected chi connectivity index (χ2v) is 4.65. The van der Waals surface area contributed by atoms with Crippen molar-refractivity contribution >= 4 is 22.4 Å². The first-order chi connectivity index (χ1) is 7.83. The summed E-state index contributed by atoms with van der Waals surface area (Å²) in [6.07, 6.45) is 4.09. The molecule has 0 bridgehead atoms. The van der Waals surface area contributed by atoms with E-state index in [9.17, 15) is 4.79 Å². The van der Waals surface area contributed by atoms with Crippen molar-refractivity contribution in [1.29, 1.82) is 0 Å². The lowest BCUT2D eigenvalue weighted by molar-refractivity contribution is -0.119. The van der Waals surface area contributed by atoms with Crippen LogP contribution in [0.4, 0.5) is 5.13 Å². The van der Waals surface area contributed by atoms with E-state index in [1.54, 1.807) is 6.20 Å². The molecular formula is C11H16N2O2S. The van der Waals surface area contributed by atoms with Crippen LogP contribution in [0.1, 0.15) is 26.2 Å². The van der Waals surface area contributed by atoms with Crippen LogP contribution in [0.25, 0.3) is 0 Å². The lowest BCUT2D eigenvalue weighted by Crippen LogP contribution is -2.43. The Morgan fingerprint density at radius 3 is 2.94 bits per heavy atom. The van der Waals surface area contributed by atoms with Gasteiger partial charge in [0, 0.05) is 37.3 Å². The van der Waals surface area contributed by atoms with Crippen molar-refractivity contribution in [2.45, 2.75) is 32.2 Å². The molecule has 4 nitrogen and oxygen atoms in total. The summed E-state index contributed by atoms with van der Waals surface area (Å²) in [5.41, 5.74) is 0. The van der Waals surface area contributed by atoms with Crippen LogP contribution in [0.3, 0.4) is 0 Å². The van der Waals surface area contributed by atoms with Gasteiger partial charge in [-0.25, -0.2) is 4.98 Å². The molecule has 1 aliphatic heterocycles. The van der Waals surface area contributed by atoms with E-state index in [1.807, 2.05) is 17.2 Å². The highest BCUT2D eigenvalue weighted by Crippen LogP contribution is 2.25. The number of anilines is 1. The van der Waals surface area contributed by atoms with Crippen LogP contribution in [0, 0.1) is 0 Å². The minimum atomic E-state index is 0.154. The number of carbonyl (C=O) groups is 1. The number of thiazole rings is 1. The third-order valence-corrected chi connectivity index (χ3v) is 3.52. The Hall–Kier alpha value is -0.940. The Balaban J connectivity index is 2.17. The standard InChI is InChI=1S/C11H16N2O2S/c1-2-10(14)13(11-12-5-8-16-11)9-3-6-15-7-4-9/h5,8-9H,2-4,6-7H2,1H3. The van der Waals surface area contributed by atoms with Crippen molar-refractivity contribution < 1.29 is 9.53 Å². The molecule has 1 fully saturated rings. The summed E-state index contributed by atoms with van der Waals surface area (Å²) in [6, 6.07) is 0.257. The summed E-state index contributed by atoms with van der Waals surface area (Å²) in [6.45, 7) is 3.37. The molecule has 0 unspecified atom stereocenters. The van der Waals surface area contributed by atoms with Gasteiger partial charge >= 0.3 is 0 Å². The average molecular weight is 240 g/mol. The van der Waals surface area contributed by atoms with Crippen LogP contribution in [-0.4, -0.2) is 30.1 Å². The Bertz CT molecular complexity index is 334. The Morgan fingerprint density at radius 1 is 1.62 bits per heavy atom. The van der Waals surface area contributed by atoms with Crippen molar-refractivity contribution in [1.82, 2.24) is 4.98 Å². The molecule has 1 aromatic rings. The summed E-state index contributed by atoms with van der Waals surface area (Å²) >= 11 is 1.52. The van der Waals surface area contributed by atoms with Crippen molar-refractivity contribution in [2.75, 3.05) is 18.1 Å². The van der Waals surface area contributed by atoms with Gasteiger partial charge in [-0.3, -0.25) is 9.69 Å². The van der Waals surface area contributed by atoms with E-state index in [-0.39, 0.29) is 11.9 Å². The van der Waals surface area contributed by atoms with Crippen LogP contribution in [0.2, 0.25) is 0 Å². The number of ether oxygens (including phenoxy) is 1. The lowest BCUT2D eigenvalue weighted by Gasteiger charge is -2.32. The molecule has 1 aliphatic rings. The first kappa shape index (κ1) is 11.5. The first-order valence-corrected chi connectivity index (χ1v) is 6.50. The van der Waals surface area contributed by atoms with Crippen LogP contribution in [0.15, 0.2) is 11.6 Å². The summed E-state index contributed by atoms with van der Waals surface area (Å²) in [5.74, 6) is 0.154. The monoisotopic (exact) mass is 240 g/mol. The molecule has 0 spiro atoms. The number of hydrogen-bond donors (Lipinski definition) is 0. The van der Waals surface area contributed by atoms with Crippen molar-refractivity contribution in [3.8, 4) is 0 Å². The molecule has 16 heavy (non-hydrogen) atoms. The van der Waals surface area contributed by atoms with E-state index in [4.69, 9.17) is 4.74 Å². The fraction of sp³-hybridized carbons (Fsp3) is 0.636. The number of hydrogen-bond acceptors (Lipinski definition) is 4. The zero-order valence-corrected chi connectivity index (χ0v) is 10.2. The van der Waals surface area contributed by atoms with Crippen LogP contribution >= 0.6 is 11.3 Å². The molecule has 0 radical (unpaired) electrons. The van der Waals surface area contributed by atoms with Gasteiger partial charge in [0.2, 0.25) is 5.91 Å². The second kappa shape index (κ2) is 5.41. The predicted molar refractivity (Wildman–Crippen MR) is 63.7 cm³/mol. The quantitative estimate of drug-likeness (QED) is 0.812. The van der Waals surface area contributed by atoms with Gasteiger partial charge in [-0.15, -0.1) is 11.3 Å². The highest BCUT2D eigenvalue weighted by atomic mass is 32.1. The number of amides is 1. The summed E-state index contributed by atoms with van der Waals surface area (Å²) < 4.78 is 5.33.